The van der Waals surface area contributed by atoms with Gasteiger partial charge in [0.05, 0.1) is 6.10 Å². The van der Waals surface area contributed by atoms with Crippen LogP contribution < -0.4 is 0 Å². The molecule has 0 radical (unpaired) electrons. The zero-order valence-corrected chi connectivity index (χ0v) is 12.0. The number of β-amino-alcohol motifs (C(OH)–C–C–N with tert-alkyl or cyclic N) is 1. The van der Waals surface area contributed by atoms with Crippen LogP contribution in [-0.4, -0.2) is 60.3 Å². The standard InChI is InChI=1S/C14H30N2O/c1-12(2)9-13(3)15(4)10-14(17)11-16-7-5-6-8-16/h12-14,17H,5-11H2,1-4H3/t13-,14+/m0/s1. The van der Waals surface area contributed by atoms with Gasteiger partial charge in [-0.25, -0.2) is 0 Å². The van der Waals surface area contributed by atoms with Crippen LogP contribution in [0.2, 0.25) is 0 Å². The van der Waals surface area contributed by atoms with Crippen LogP contribution in [0.5, 0.6) is 0 Å². The molecule has 0 unspecified atom stereocenters. The highest BCUT2D eigenvalue weighted by Gasteiger charge is 2.19. The van der Waals surface area contributed by atoms with Gasteiger partial charge in [0.25, 0.3) is 0 Å². The number of aliphatic hydroxyl groups excluding tert-OH is 1. The van der Waals surface area contributed by atoms with Gasteiger partial charge in [-0.1, -0.05) is 13.8 Å². The van der Waals surface area contributed by atoms with Gasteiger partial charge < -0.3 is 14.9 Å². The van der Waals surface area contributed by atoms with E-state index in [2.05, 4.69) is 37.6 Å². The number of likely N-dealkylation sites (N-methyl/N-ethyl adjacent to an activating group) is 1. The molecule has 1 aliphatic heterocycles. The Bertz CT molecular complexity index is 202. The van der Waals surface area contributed by atoms with Crippen molar-refractivity contribution in [3.63, 3.8) is 0 Å². The van der Waals surface area contributed by atoms with Crippen molar-refractivity contribution in [3.05, 3.63) is 0 Å². The van der Waals surface area contributed by atoms with E-state index in [0.29, 0.717) is 6.04 Å². The molecule has 1 fully saturated rings. The van der Waals surface area contributed by atoms with E-state index in [9.17, 15) is 5.11 Å². The van der Waals surface area contributed by atoms with Crippen molar-refractivity contribution in [3.8, 4) is 0 Å². The maximum Gasteiger partial charge on any atom is 0.0793 e. The lowest BCUT2D eigenvalue weighted by Gasteiger charge is -2.29. The minimum atomic E-state index is -0.201. The SMILES string of the molecule is CC(C)C[C@H](C)N(C)C[C@@H](O)CN1CCCC1. The van der Waals surface area contributed by atoms with Gasteiger partial charge in [0, 0.05) is 19.1 Å². The fourth-order valence-electron chi connectivity index (χ4n) is 2.70. The molecule has 1 saturated heterocycles. The molecule has 0 bridgehead atoms. The molecular weight excluding hydrogens is 212 g/mol. The maximum atomic E-state index is 10.1. The first-order valence-electron chi connectivity index (χ1n) is 7.09. The number of hydrogen-bond donors (Lipinski definition) is 1. The van der Waals surface area contributed by atoms with Gasteiger partial charge >= 0.3 is 0 Å². The average Bonchev–Trinajstić information content (AvgIpc) is 2.68. The number of nitrogens with zero attached hydrogens (tertiary/aromatic N) is 2. The van der Waals surface area contributed by atoms with Crippen LogP contribution in [0.4, 0.5) is 0 Å². The summed E-state index contributed by atoms with van der Waals surface area (Å²) in [6, 6.07) is 0.559. The molecule has 1 N–H and O–H groups in total. The lowest BCUT2D eigenvalue weighted by Crippen LogP contribution is -2.41. The predicted molar refractivity (Wildman–Crippen MR) is 73.2 cm³/mol. The Morgan fingerprint density at radius 2 is 1.76 bits per heavy atom. The Hall–Kier alpha value is -0.120. The predicted octanol–water partition coefficient (Wildman–Crippen LogP) is 1.81. The van der Waals surface area contributed by atoms with Gasteiger partial charge in [-0.2, -0.15) is 0 Å². The maximum absolute atomic E-state index is 10.1. The number of hydrogen-bond acceptors (Lipinski definition) is 3. The van der Waals surface area contributed by atoms with Crippen molar-refractivity contribution in [1.82, 2.24) is 9.80 Å². The molecule has 0 spiro atoms. The summed E-state index contributed by atoms with van der Waals surface area (Å²) in [5.41, 5.74) is 0. The van der Waals surface area contributed by atoms with Gasteiger partial charge in [-0.15, -0.1) is 0 Å². The third kappa shape index (κ3) is 5.84. The first-order valence-corrected chi connectivity index (χ1v) is 7.09. The highest BCUT2D eigenvalue weighted by molar-refractivity contribution is 4.74. The van der Waals surface area contributed by atoms with Crippen molar-refractivity contribution in [2.24, 2.45) is 5.92 Å². The van der Waals surface area contributed by atoms with Gasteiger partial charge in [-0.3, -0.25) is 0 Å². The minimum absolute atomic E-state index is 0.201. The molecule has 1 aliphatic rings. The number of aliphatic hydroxyl groups is 1. The van der Waals surface area contributed by atoms with Crippen LogP contribution in [0.3, 0.4) is 0 Å². The third-order valence-corrected chi connectivity index (χ3v) is 3.73. The van der Waals surface area contributed by atoms with Crippen LogP contribution in [0.25, 0.3) is 0 Å². The Morgan fingerprint density at radius 1 is 1.18 bits per heavy atom. The number of rotatable bonds is 7. The fraction of sp³-hybridized carbons (Fsp3) is 1.00. The van der Waals surface area contributed by atoms with Crippen molar-refractivity contribution in [1.29, 1.82) is 0 Å². The van der Waals surface area contributed by atoms with Crippen molar-refractivity contribution >= 4 is 0 Å². The molecule has 0 aliphatic carbocycles. The van der Waals surface area contributed by atoms with E-state index in [0.717, 1.165) is 19.0 Å². The third-order valence-electron chi connectivity index (χ3n) is 3.73. The molecule has 0 aromatic rings. The van der Waals surface area contributed by atoms with Crippen molar-refractivity contribution in [2.45, 2.75) is 52.2 Å². The first-order chi connectivity index (χ1) is 7.99. The summed E-state index contributed by atoms with van der Waals surface area (Å²) in [7, 11) is 2.13. The molecule has 1 rings (SSSR count). The lowest BCUT2D eigenvalue weighted by molar-refractivity contribution is 0.0744. The summed E-state index contributed by atoms with van der Waals surface area (Å²) in [5.74, 6) is 0.725. The van der Waals surface area contributed by atoms with E-state index >= 15 is 0 Å². The molecule has 3 heteroatoms. The molecule has 0 aromatic carbocycles. The van der Waals surface area contributed by atoms with E-state index in [4.69, 9.17) is 0 Å². The molecule has 17 heavy (non-hydrogen) atoms. The van der Waals surface area contributed by atoms with Gasteiger partial charge in [0.1, 0.15) is 0 Å². The van der Waals surface area contributed by atoms with Crippen LogP contribution in [0.15, 0.2) is 0 Å². The molecule has 102 valence electrons. The van der Waals surface area contributed by atoms with E-state index in [1.807, 2.05) is 0 Å². The summed E-state index contributed by atoms with van der Waals surface area (Å²) < 4.78 is 0. The molecule has 1 heterocycles. The summed E-state index contributed by atoms with van der Waals surface area (Å²) in [6.07, 6.45) is 3.60. The second-order valence-electron chi connectivity index (χ2n) is 6.08. The summed E-state index contributed by atoms with van der Waals surface area (Å²) in [6.45, 7) is 10.7. The average molecular weight is 242 g/mol. The van der Waals surface area contributed by atoms with Crippen molar-refractivity contribution in [2.75, 3.05) is 33.2 Å². The highest BCUT2D eigenvalue weighted by Crippen LogP contribution is 2.11. The van der Waals surface area contributed by atoms with Crippen LogP contribution in [0.1, 0.15) is 40.0 Å². The zero-order chi connectivity index (χ0) is 12.8. The molecule has 0 amide bonds. The molecule has 0 aromatic heterocycles. The van der Waals surface area contributed by atoms with E-state index in [1.165, 1.54) is 32.4 Å². The lowest BCUT2D eigenvalue weighted by atomic mass is 10.0. The summed E-state index contributed by atoms with van der Waals surface area (Å²) >= 11 is 0. The smallest absolute Gasteiger partial charge is 0.0793 e. The molecule has 2 atom stereocenters. The topological polar surface area (TPSA) is 26.7 Å². The quantitative estimate of drug-likeness (QED) is 0.737. The Balaban J connectivity index is 2.21. The van der Waals surface area contributed by atoms with Gasteiger partial charge in [0.15, 0.2) is 0 Å². The summed E-state index contributed by atoms with van der Waals surface area (Å²) in [4.78, 5) is 4.67. The highest BCUT2D eigenvalue weighted by atomic mass is 16.3. The van der Waals surface area contributed by atoms with Crippen LogP contribution in [-0.2, 0) is 0 Å². The van der Waals surface area contributed by atoms with Crippen LogP contribution >= 0.6 is 0 Å². The normalized spacial score (nSPS) is 21.4. The minimum Gasteiger partial charge on any atom is -0.390 e. The Kier molecular flexibility index (Phi) is 6.45. The van der Waals surface area contributed by atoms with E-state index in [1.54, 1.807) is 0 Å². The second-order valence-corrected chi connectivity index (χ2v) is 6.08. The first kappa shape index (κ1) is 14.9. The van der Waals surface area contributed by atoms with Crippen LogP contribution in [0, 0.1) is 5.92 Å². The van der Waals surface area contributed by atoms with Gasteiger partial charge in [0.2, 0.25) is 0 Å². The Morgan fingerprint density at radius 3 is 2.29 bits per heavy atom. The summed E-state index contributed by atoms with van der Waals surface area (Å²) in [5, 5.41) is 10.1. The number of likely N-dealkylation sites (tertiary alicyclic amines) is 1. The van der Waals surface area contributed by atoms with E-state index in [-0.39, 0.29) is 6.10 Å². The fourth-order valence-corrected chi connectivity index (χ4v) is 2.70. The molecule has 3 nitrogen and oxygen atoms in total. The molecule has 0 saturated carbocycles. The van der Waals surface area contributed by atoms with Crippen molar-refractivity contribution < 1.29 is 5.11 Å². The van der Waals surface area contributed by atoms with Gasteiger partial charge in [-0.05, 0) is 52.2 Å². The second kappa shape index (κ2) is 7.34. The zero-order valence-electron chi connectivity index (χ0n) is 12.0. The van der Waals surface area contributed by atoms with E-state index < -0.39 is 0 Å². The monoisotopic (exact) mass is 242 g/mol. The largest absolute Gasteiger partial charge is 0.390 e. The Labute approximate surface area is 107 Å². The molecular formula is C14H30N2O.